The first-order valence-corrected chi connectivity index (χ1v) is 5.09. The van der Waals surface area contributed by atoms with E-state index in [1.165, 1.54) is 18.9 Å². The molecule has 0 radical (unpaired) electrons. The molecule has 1 unspecified atom stereocenters. The number of nitrogens with zero attached hydrogens (tertiary/aromatic N) is 1. The minimum Gasteiger partial charge on any atom is -0.476 e. The summed E-state index contributed by atoms with van der Waals surface area (Å²) in [5.41, 5.74) is -0.0362. The van der Waals surface area contributed by atoms with E-state index in [9.17, 15) is 4.79 Å². The van der Waals surface area contributed by atoms with E-state index in [0.717, 1.165) is 5.92 Å². The van der Waals surface area contributed by atoms with E-state index in [4.69, 9.17) is 9.63 Å². The summed E-state index contributed by atoms with van der Waals surface area (Å²) in [7, 11) is 0. The average Bonchev–Trinajstić information content (AvgIpc) is 2.93. The van der Waals surface area contributed by atoms with E-state index in [1.807, 2.05) is 0 Å². The van der Waals surface area contributed by atoms with Crippen LogP contribution in [0.5, 0.6) is 0 Å². The third-order valence-electron chi connectivity index (χ3n) is 2.71. The van der Waals surface area contributed by atoms with Gasteiger partial charge in [-0.3, -0.25) is 0 Å². The van der Waals surface area contributed by atoms with Gasteiger partial charge in [-0.15, -0.1) is 0 Å². The van der Waals surface area contributed by atoms with Gasteiger partial charge in [0.15, 0.2) is 11.5 Å². The van der Waals surface area contributed by atoms with Crippen molar-refractivity contribution >= 4 is 5.97 Å². The van der Waals surface area contributed by atoms with Crippen molar-refractivity contribution in [3.05, 3.63) is 17.5 Å². The number of aromatic nitrogens is 1. The quantitative estimate of drug-likeness (QED) is 0.765. The van der Waals surface area contributed by atoms with Crippen molar-refractivity contribution in [2.24, 2.45) is 5.92 Å². The molecule has 1 aromatic heterocycles. The minimum absolute atomic E-state index is 0.0362. The lowest BCUT2D eigenvalue weighted by atomic mass is 10.2. The van der Waals surface area contributed by atoms with Crippen molar-refractivity contribution in [1.82, 2.24) is 10.5 Å². The number of nitrogens with one attached hydrogen (secondary N) is 1. The highest BCUT2D eigenvalue weighted by atomic mass is 16.5. The second-order valence-corrected chi connectivity index (χ2v) is 3.99. The molecule has 1 aliphatic carbocycles. The van der Waals surface area contributed by atoms with Crippen molar-refractivity contribution in [1.29, 1.82) is 0 Å². The van der Waals surface area contributed by atoms with Gasteiger partial charge in [-0.1, -0.05) is 5.16 Å². The summed E-state index contributed by atoms with van der Waals surface area (Å²) in [6, 6.07) is 1.91. The van der Waals surface area contributed by atoms with Crippen LogP contribution in [0.3, 0.4) is 0 Å². The molecule has 0 spiro atoms. The first kappa shape index (κ1) is 10.2. The molecule has 0 saturated heterocycles. The molecule has 0 aliphatic heterocycles. The lowest BCUT2D eigenvalue weighted by molar-refractivity contribution is 0.0685. The predicted molar refractivity (Wildman–Crippen MR) is 52.5 cm³/mol. The fourth-order valence-electron chi connectivity index (χ4n) is 1.52. The minimum atomic E-state index is -1.06. The molecule has 0 aromatic carbocycles. The number of aromatic carboxylic acids is 1. The van der Waals surface area contributed by atoms with Crippen LogP contribution < -0.4 is 5.32 Å². The molecule has 1 heterocycles. The van der Waals surface area contributed by atoms with E-state index in [-0.39, 0.29) is 5.69 Å². The largest absolute Gasteiger partial charge is 0.476 e. The lowest BCUT2D eigenvalue weighted by Gasteiger charge is -2.09. The van der Waals surface area contributed by atoms with Crippen LogP contribution in [0.4, 0.5) is 0 Å². The molecule has 82 valence electrons. The van der Waals surface area contributed by atoms with Gasteiger partial charge in [0.1, 0.15) is 0 Å². The SMILES string of the molecule is CC(NCc1cc(C(=O)O)no1)C1CC1. The Labute approximate surface area is 87.5 Å². The molecule has 1 fully saturated rings. The van der Waals surface area contributed by atoms with E-state index in [0.29, 0.717) is 18.3 Å². The molecule has 1 saturated carbocycles. The highest BCUT2D eigenvalue weighted by molar-refractivity contribution is 5.85. The first-order valence-electron chi connectivity index (χ1n) is 5.09. The summed E-state index contributed by atoms with van der Waals surface area (Å²) in [5, 5.41) is 15.4. The van der Waals surface area contributed by atoms with Crippen LogP contribution in [0, 0.1) is 5.92 Å². The van der Waals surface area contributed by atoms with Crippen molar-refractivity contribution in [3.63, 3.8) is 0 Å². The van der Waals surface area contributed by atoms with Gasteiger partial charge in [0.05, 0.1) is 6.54 Å². The molecule has 2 rings (SSSR count). The Hall–Kier alpha value is -1.36. The molecule has 1 aromatic rings. The smallest absolute Gasteiger partial charge is 0.358 e. The Kier molecular flexibility index (Phi) is 2.73. The van der Waals surface area contributed by atoms with Crippen LogP contribution in [-0.4, -0.2) is 22.3 Å². The predicted octanol–water partition coefficient (Wildman–Crippen LogP) is 1.26. The molecule has 1 atom stereocenters. The number of hydrogen-bond acceptors (Lipinski definition) is 4. The van der Waals surface area contributed by atoms with Crippen molar-refractivity contribution in [3.8, 4) is 0 Å². The zero-order valence-corrected chi connectivity index (χ0v) is 8.56. The van der Waals surface area contributed by atoms with Crippen molar-refractivity contribution < 1.29 is 14.4 Å². The summed E-state index contributed by atoms with van der Waals surface area (Å²) in [6.07, 6.45) is 2.57. The van der Waals surface area contributed by atoms with Crippen molar-refractivity contribution in [2.75, 3.05) is 0 Å². The second-order valence-electron chi connectivity index (χ2n) is 3.99. The van der Waals surface area contributed by atoms with E-state index in [2.05, 4.69) is 17.4 Å². The third-order valence-corrected chi connectivity index (χ3v) is 2.71. The standard InChI is InChI=1S/C10H14N2O3/c1-6(7-2-3-7)11-5-8-4-9(10(13)14)12-15-8/h4,6-7,11H,2-3,5H2,1H3,(H,13,14). The van der Waals surface area contributed by atoms with Gasteiger partial charge < -0.3 is 14.9 Å². The monoisotopic (exact) mass is 210 g/mol. The Balaban J connectivity index is 1.84. The fourth-order valence-corrected chi connectivity index (χ4v) is 1.52. The molecule has 0 amide bonds. The topological polar surface area (TPSA) is 75.4 Å². The number of rotatable bonds is 5. The summed E-state index contributed by atoms with van der Waals surface area (Å²) < 4.78 is 4.88. The molecule has 2 N–H and O–H groups in total. The molecular weight excluding hydrogens is 196 g/mol. The van der Waals surface area contributed by atoms with E-state index in [1.54, 1.807) is 0 Å². The maximum Gasteiger partial charge on any atom is 0.358 e. The number of carbonyl (C=O) groups is 1. The number of carboxylic acids is 1. The molecule has 0 bridgehead atoms. The van der Waals surface area contributed by atoms with Gasteiger partial charge in [0.25, 0.3) is 0 Å². The number of carboxylic acid groups (broad SMARTS) is 1. The second kappa shape index (κ2) is 4.02. The Morgan fingerprint density at radius 3 is 3.07 bits per heavy atom. The fraction of sp³-hybridized carbons (Fsp3) is 0.600. The van der Waals surface area contributed by atoms with Gasteiger partial charge in [0, 0.05) is 12.1 Å². The van der Waals surface area contributed by atoms with Gasteiger partial charge >= 0.3 is 5.97 Å². The van der Waals surface area contributed by atoms with Crippen LogP contribution in [0.2, 0.25) is 0 Å². The normalized spacial score (nSPS) is 17.7. The Morgan fingerprint density at radius 1 is 1.80 bits per heavy atom. The third kappa shape index (κ3) is 2.56. The molecular formula is C10H14N2O3. The van der Waals surface area contributed by atoms with Crippen LogP contribution in [0.1, 0.15) is 36.0 Å². The summed E-state index contributed by atoms with van der Waals surface area (Å²) in [5.74, 6) is 0.284. The molecule has 5 heteroatoms. The Bertz CT molecular complexity index is 357. The van der Waals surface area contributed by atoms with Crippen LogP contribution in [-0.2, 0) is 6.54 Å². The zero-order valence-electron chi connectivity index (χ0n) is 8.56. The highest BCUT2D eigenvalue weighted by Crippen LogP contribution is 2.32. The molecule has 5 nitrogen and oxygen atoms in total. The zero-order chi connectivity index (χ0) is 10.8. The van der Waals surface area contributed by atoms with Crippen molar-refractivity contribution in [2.45, 2.75) is 32.4 Å². The van der Waals surface area contributed by atoms with Gasteiger partial charge in [-0.25, -0.2) is 4.79 Å². The molecule has 1 aliphatic rings. The van der Waals surface area contributed by atoms with Crippen LogP contribution in [0.25, 0.3) is 0 Å². The van der Waals surface area contributed by atoms with Gasteiger partial charge in [0.2, 0.25) is 0 Å². The van der Waals surface area contributed by atoms with E-state index < -0.39 is 5.97 Å². The van der Waals surface area contributed by atoms with E-state index >= 15 is 0 Å². The van der Waals surface area contributed by atoms with Gasteiger partial charge in [-0.05, 0) is 25.7 Å². The maximum absolute atomic E-state index is 10.5. The maximum atomic E-state index is 10.5. The first-order chi connectivity index (χ1) is 7.16. The Morgan fingerprint density at radius 2 is 2.53 bits per heavy atom. The summed E-state index contributed by atoms with van der Waals surface area (Å²) >= 11 is 0. The van der Waals surface area contributed by atoms with Crippen LogP contribution >= 0.6 is 0 Å². The average molecular weight is 210 g/mol. The lowest BCUT2D eigenvalue weighted by Crippen LogP contribution is -2.26. The van der Waals surface area contributed by atoms with Gasteiger partial charge in [-0.2, -0.15) is 0 Å². The highest BCUT2D eigenvalue weighted by Gasteiger charge is 2.27. The number of hydrogen-bond donors (Lipinski definition) is 2. The summed E-state index contributed by atoms with van der Waals surface area (Å²) in [6.45, 7) is 2.67. The molecule has 15 heavy (non-hydrogen) atoms. The van der Waals surface area contributed by atoms with Crippen LogP contribution in [0.15, 0.2) is 10.6 Å². The summed E-state index contributed by atoms with van der Waals surface area (Å²) in [4.78, 5) is 10.5.